The van der Waals surface area contributed by atoms with Gasteiger partial charge in [0, 0.05) is 24.3 Å². The molecule has 1 atom stereocenters. The number of nitrogens with one attached hydrogen (secondary N) is 2. The minimum absolute atomic E-state index is 0.239. The van der Waals surface area contributed by atoms with Crippen LogP contribution in [0.5, 0.6) is 0 Å². The standard InChI is InChI=1S/C19H27N5O2S/c1-3-24-14(2)16(12-20-24)13-23-10-8-15(9-11-23)19-21-17-6-4-5-7-18(17)27(25,26)22-19/h4-7,12,15,19,21-22H,3,8-11,13H2,1-2H3/t19-/m1/s1. The van der Waals surface area contributed by atoms with Gasteiger partial charge in [-0.05, 0) is 57.8 Å². The van der Waals surface area contributed by atoms with Crippen LogP contribution in [0, 0.1) is 12.8 Å². The van der Waals surface area contributed by atoms with Crippen LogP contribution in [0.1, 0.15) is 31.0 Å². The smallest absolute Gasteiger partial charge is 0.244 e. The number of rotatable bonds is 4. The van der Waals surface area contributed by atoms with Crippen molar-refractivity contribution in [3.8, 4) is 0 Å². The van der Waals surface area contributed by atoms with Crippen molar-refractivity contribution in [3.63, 3.8) is 0 Å². The minimum Gasteiger partial charge on any atom is -0.368 e. The van der Waals surface area contributed by atoms with E-state index in [-0.39, 0.29) is 12.1 Å². The summed E-state index contributed by atoms with van der Waals surface area (Å²) in [5, 5.41) is 7.81. The van der Waals surface area contributed by atoms with Crippen molar-refractivity contribution in [2.24, 2.45) is 5.92 Å². The van der Waals surface area contributed by atoms with E-state index < -0.39 is 10.0 Å². The summed E-state index contributed by atoms with van der Waals surface area (Å²) >= 11 is 0. The fourth-order valence-electron chi connectivity index (χ4n) is 4.11. The van der Waals surface area contributed by atoms with Gasteiger partial charge in [0.15, 0.2) is 0 Å². The molecule has 0 bridgehead atoms. The summed E-state index contributed by atoms with van der Waals surface area (Å²) in [6.07, 6.45) is 3.65. The van der Waals surface area contributed by atoms with E-state index in [9.17, 15) is 8.42 Å². The van der Waals surface area contributed by atoms with Gasteiger partial charge in [-0.3, -0.25) is 9.58 Å². The number of nitrogens with zero attached hydrogens (tertiary/aromatic N) is 3. The van der Waals surface area contributed by atoms with Gasteiger partial charge >= 0.3 is 0 Å². The molecule has 0 radical (unpaired) electrons. The molecule has 2 aliphatic heterocycles. The maximum Gasteiger partial charge on any atom is 0.244 e. The Kier molecular flexibility index (Phi) is 4.96. The van der Waals surface area contributed by atoms with Crippen LogP contribution >= 0.6 is 0 Å². The zero-order valence-electron chi connectivity index (χ0n) is 15.9. The van der Waals surface area contributed by atoms with Crippen LogP contribution in [0.2, 0.25) is 0 Å². The monoisotopic (exact) mass is 389 g/mol. The molecule has 0 spiro atoms. The number of sulfonamides is 1. The van der Waals surface area contributed by atoms with Gasteiger partial charge in [-0.1, -0.05) is 12.1 Å². The van der Waals surface area contributed by atoms with E-state index in [1.165, 1.54) is 11.3 Å². The first-order chi connectivity index (χ1) is 13.0. The molecular formula is C19H27N5O2S. The van der Waals surface area contributed by atoms with Crippen molar-refractivity contribution in [2.75, 3.05) is 18.4 Å². The first-order valence-electron chi connectivity index (χ1n) is 9.59. The molecule has 1 fully saturated rings. The Morgan fingerprint density at radius 1 is 1.22 bits per heavy atom. The average Bonchev–Trinajstić information content (AvgIpc) is 3.01. The first kappa shape index (κ1) is 18.5. The molecule has 2 aromatic rings. The van der Waals surface area contributed by atoms with Gasteiger partial charge in [-0.15, -0.1) is 0 Å². The zero-order chi connectivity index (χ0) is 19.0. The van der Waals surface area contributed by atoms with Gasteiger partial charge in [0.25, 0.3) is 0 Å². The van der Waals surface area contributed by atoms with Crippen LogP contribution in [-0.2, 0) is 23.1 Å². The zero-order valence-corrected chi connectivity index (χ0v) is 16.7. The quantitative estimate of drug-likeness (QED) is 0.838. The molecule has 1 aromatic carbocycles. The Labute approximate surface area is 160 Å². The Morgan fingerprint density at radius 3 is 2.67 bits per heavy atom. The van der Waals surface area contributed by atoms with Gasteiger partial charge in [-0.2, -0.15) is 9.82 Å². The second kappa shape index (κ2) is 7.26. The van der Waals surface area contributed by atoms with Crippen molar-refractivity contribution in [1.29, 1.82) is 0 Å². The Bertz CT molecular complexity index is 916. The highest BCUT2D eigenvalue weighted by atomic mass is 32.2. The number of hydrogen-bond donors (Lipinski definition) is 2. The first-order valence-corrected chi connectivity index (χ1v) is 11.1. The molecule has 0 aliphatic carbocycles. The lowest BCUT2D eigenvalue weighted by molar-refractivity contribution is 0.163. The van der Waals surface area contributed by atoms with Crippen molar-refractivity contribution in [1.82, 2.24) is 19.4 Å². The lowest BCUT2D eigenvalue weighted by Gasteiger charge is -2.38. The molecule has 27 heavy (non-hydrogen) atoms. The fraction of sp³-hybridized carbons (Fsp3) is 0.526. The molecule has 0 amide bonds. The highest BCUT2D eigenvalue weighted by Crippen LogP contribution is 2.31. The second-order valence-electron chi connectivity index (χ2n) is 7.42. The molecule has 1 aromatic heterocycles. The number of piperidine rings is 1. The molecule has 3 heterocycles. The van der Waals surface area contributed by atoms with E-state index >= 15 is 0 Å². The summed E-state index contributed by atoms with van der Waals surface area (Å²) in [6.45, 7) is 7.95. The molecule has 2 N–H and O–H groups in total. The van der Waals surface area contributed by atoms with Crippen LogP contribution in [0.15, 0.2) is 35.4 Å². The molecular weight excluding hydrogens is 362 g/mol. The van der Waals surface area contributed by atoms with Crippen molar-refractivity contribution < 1.29 is 8.42 Å². The van der Waals surface area contributed by atoms with Crippen LogP contribution in [0.3, 0.4) is 0 Å². The molecule has 1 saturated heterocycles. The predicted molar refractivity (Wildman–Crippen MR) is 105 cm³/mol. The molecule has 4 rings (SSSR count). The van der Waals surface area contributed by atoms with E-state index in [2.05, 4.69) is 33.9 Å². The Hall–Kier alpha value is -1.90. The SMILES string of the molecule is CCn1ncc(CN2CCC([C@@H]3Nc4ccccc4S(=O)(=O)N3)CC2)c1C. The number of hydrogen-bond acceptors (Lipinski definition) is 5. The number of aromatic nitrogens is 2. The maximum absolute atomic E-state index is 12.5. The Morgan fingerprint density at radius 2 is 1.96 bits per heavy atom. The number of likely N-dealkylation sites (tertiary alicyclic amines) is 1. The van der Waals surface area contributed by atoms with Crippen LogP contribution in [0.4, 0.5) is 5.69 Å². The van der Waals surface area contributed by atoms with E-state index in [0.717, 1.165) is 39.0 Å². The van der Waals surface area contributed by atoms with E-state index in [1.807, 2.05) is 23.0 Å². The highest BCUT2D eigenvalue weighted by Gasteiger charge is 2.35. The number of aryl methyl sites for hydroxylation is 1. The summed E-state index contributed by atoms with van der Waals surface area (Å²) in [4.78, 5) is 2.77. The van der Waals surface area contributed by atoms with Gasteiger partial charge in [0.05, 0.1) is 18.1 Å². The Balaban J connectivity index is 1.39. The lowest BCUT2D eigenvalue weighted by Crippen LogP contribution is -2.51. The van der Waals surface area contributed by atoms with Gasteiger partial charge in [-0.25, -0.2) is 8.42 Å². The van der Waals surface area contributed by atoms with Crippen LogP contribution in [0.25, 0.3) is 0 Å². The largest absolute Gasteiger partial charge is 0.368 e. The summed E-state index contributed by atoms with van der Waals surface area (Å²) in [5.41, 5.74) is 3.21. The topological polar surface area (TPSA) is 79.3 Å². The lowest BCUT2D eigenvalue weighted by atomic mass is 9.93. The van der Waals surface area contributed by atoms with Crippen molar-refractivity contribution >= 4 is 15.7 Å². The molecule has 146 valence electrons. The molecule has 0 unspecified atom stereocenters. The van der Waals surface area contributed by atoms with Gasteiger partial charge in [0.1, 0.15) is 4.90 Å². The molecule has 8 heteroatoms. The summed E-state index contributed by atoms with van der Waals surface area (Å²) < 4.78 is 29.9. The fourth-order valence-corrected chi connectivity index (χ4v) is 5.49. The normalized spacial score (nSPS) is 23.0. The molecule has 7 nitrogen and oxygen atoms in total. The van der Waals surface area contributed by atoms with Crippen LogP contribution in [-0.4, -0.2) is 42.4 Å². The van der Waals surface area contributed by atoms with Gasteiger partial charge in [0.2, 0.25) is 10.0 Å². The summed E-state index contributed by atoms with van der Waals surface area (Å²) in [6, 6.07) is 7.10. The average molecular weight is 390 g/mol. The third-order valence-corrected chi connectivity index (χ3v) is 7.27. The predicted octanol–water partition coefficient (Wildman–Crippen LogP) is 2.15. The number of anilines is 1. The summed E-state index contributed by atoms with van der Waals surface area (Å²) in [7, 11) is -3.45. The van der Waals surface area contributed by atoms with E-state index in [4.69, 9.17) is 0 Å². The molecule has 2 aliphatic rings. The number of fused-ring (bicyclic) bond motifs is 1. The molecule has 0 saturated carbocycles. The van der Waals surface area contributed by atoms with Crippen molar-refractivity contribution in [2.45, 2.75) is 50.8 Å². The van der Waals surface area contributed by atoms with Crippen LogP contribution < -0.4 is 10.0 Å². The third kappa shape index (κ3) is 3.61. The van der Waals surface area contributed by atoms with E-state index in [0.29, 0.717) is 10.6 Å². The number of benzene rings is 1. The maximum atomic E-state index is 12.5. The summed E-state index contributed by atoms with van der Waals surface area (Å²) in [5.74, 6) is 0.281. The highest BCUT2D eigenvalue weighted by molar-refractivity contribution is 7.89. The van der Waals surface area contributed by atoms with Gasteiger partial charge < -0.3 is 5.32 Å². The van der Waals surface area contributed by atoms with E-state index in [1.54, 1.807) is 12.1 Å². The minimum atomic E-state index is -3.45. The third-order valence-electron chi connectivity index (χ3n) is 5.77. The van der Waals surface area contributed by atoms with Crippen molar-refractivity contribution in [3.05, 3.63) is 41.7 Å². The number of para-hydroxylation sites is 1. The second-order valence-corrected chi connectivity index (χ2v) is 9.11.